The molecular formula is C28H39NO4S. The molecule has 0 radical (unpaired) electrons. The highest BCUT2D eigenvalue weighted by molar-refractivity contribution is 7.98. The van der Waals surface area contributed by atoms with Crippen LogP contribution in [0.2, 0.25) is 0 Å². The van der Waals surface area contributed by atoms with Gasteiger partial charge in [0, 0.05) is 18.6 Å². The van der Waals surface area contributed by atoms with E-state index in [4.69, 9.17) is 9.84 Å². The smallest absolute Gasteiger partial charge is 0.303 e. The Labute approximate surface area is 208 Å². The molecule has 0 unspecified atom stereocenters. The van der Waals surface area contributed by atoms with Crippen molar-refractivity contribution in [2.45, 2.75) is 76.9 Å². The Morgan fingerprint density at radius 2 is 1.56 bits per heavy atom. The lowest BCUT2D eigenvalue weighted by molar-refractivity contribution is -0.137. The Kier molecular flexibility index (Phi) is 13.9. The number of carbonyl (C=O) groups excluding carboxylic acids is 1. The third-order valence-electron chi connectivity index (χ3n) is 5.60. The van der Waals surface area contributed by atoms with Gasteiger partial charge in [-0.1, -0.05) is 74.6 Å². The number of benzene rings is 2. The van der Waals surface area contributed by atoms with Gasteiger partial charge in [0.2, 0.25) is 5.91 Å². The highest BCUT2D eigenvalue weighted by Gasteiger charge is 2.11. The van der Waals surface area contributed by atoms with Gasteiger partial charge in [0.25, 0.3) is 0 Å². The fraction of sp³-hybridized carbons (Fsp3) is 0.500. The maximum absolute atomic E-state index is 12.4. The molecule has 1 amide bonds. The van der Waals surface area contributed by atoms with Crippen molar-refractivity contribution in [1.29, 1.82) is 0 Å². The number of carbonyl (C=O) groups is 2. The predicted molar refractivity (Wildman–Crippen MR) is 142 cm³/mol. The number of carboxylic acids is 1. The topological polar surface area (TPSA) is 75.6 Å². The van der Waals surface area contributed by atoms with Crippen LogP contribution in [0.4, 0.5) is 5.69 Å². The lowest BCUT2D eigenvalue weighted by Gasteiger charge is -2.14. The minimum atomic E-state index is -0.834. The van der Waals surface area contributed by atoms with Crippen LogP contribution in [0.1, 0.15) is 75.3 Å². The summed E-state index contributed by atoms with van der Waals surface area (Å²) in [6, 6.07) is 16.2. The molecule has 0 fully saturated rings. The first-order valence-electron chi connectivity index (χ1n) is 12.4. The second-order valence-electron chi connectivity index (χ2n) is 8.61. The molecule has 0 aliphatic heterocycles. The molecule has 186 valence electrons. The van der Waals surface area contributed by atoms with Crippen LogP contribution in [0.5, 0.6) is 5.75 Å². The van der Waals surface area contributed by atoms with E-state index in [1.165, 1.54) is 43.4 Å². The van der Waals surface area contributed by atoms with Crippen LogP contribution in [0.25, 0.3) is 0 Å². The van der Waals surface area contributed by atoms with Gasteiger partial charge in [0.05, 0.1) is 12.3 Å². The average molecular weight is 486 g/mol. The van der Waals surface area contributed by atoms with Crippen molar-refractivity contribution in [3.63, 3.8) is 0 Å². The van der Waals surface area contributed by atoms with Crippen LogP contribution in [0, 0.1) is 6.92 Å². The van der Waals surface area contributed by atoms with E-state index < -0.39 is 5.97 Å². The van der Waals surface area contributed by atoms with E-state index in [0.29, 0.717) is 30.9 Å². The first kappa shape index (κ1) is 27.8. The van der Waals surface area contributed by atoms with Crippen molar-refractivity contribution in [1.82, 2.24) is 0 Å². The molecule has 0 heterocycles. The molecule has 2 rings (SSSR count). The van der Waals surface area contributed by atoms with Crippen molar-refractivity contribution in [2.24, 2.45) is 0 Å². The molecular weight excluding hydrogens is 446 g/mol. The van der Waals surface area contributed by atoms with E-state index in [1.54, 1.807) is 0 Å². The maximum Gasteiger partial charge on any atom is 0.303 e. The van der Waals surface area contributed by atoms with E-state index in [9.17, 15) is 9.59 Å². The molecule has 6 heteroatoms. The molecule has 2 N–H and O–H groups in total. The van der Waals surface area contributed by atoms with Crippen LogP contribution in [-0.2, 0) is 15.3 Å². The van der Waals surface area contributed by atoms with Crippen molar-refractivity contribution in [2.75, 3.05) is 17.7 Å². The number of aryl methyl sites for hydroxylation is 1. The summed E-state index contributed by atoms with van der Waals surface area (Å²) in [5.41, 5.74) is 3.03. The van der Waals surface area contributed by atoms with Crippen molar-refractivity contribution in [3.05, 3.63) is 59.7 Å². The van der Waals surface area contributed by atoms with E-state index >= 15 is 0 Å². The Bertz CT molecular complexity index is 857. The average Bonchev–Trinajstić information content (AvgIpc) is 2.82. The molecule has 0 atom stereocenters. The van der Waals surface area contributed by atoms with Gasteiger partial charge in [0.15, 0.2) is 0 Å². The summed E-state index contributed by atoms with van der Waals surface area (Å²) in [4.78, 5) is 23.1. The Morgan fingerprint density at radius 1 is 0.853 bits per heavy atom. The van der Waals surface area contributed by atoms with Crippen LogP contribution < -0.4 is 10.1 Å². The number of carboxylic acid groups (broad SMARTS) is 1. The van der Waals surface area contributed by atoms with E-state index in [0.717, 1.165) is 24.2 Å². The molecule has 2 aromatic rings. The Hall–Kier alpha value is -2.47. The molecule has 5 nitrogen and oxygen atoms in total. The normalized spacial score (nSPS) is 10.7. The van der Waals surface area contributed by atoms with Gasteiger partial charge in [-0.25, -0.2) is 0 Å². The van der Waals surface area contributed by atoms with Gasteiger partial charge in [-0.2, -0.15) is 11.8 Å². The predicted octanol–water partition coefficient (Wildman–Crippen LogP) is 7.23. The van der Waals surface area contributed by atoms with Gasteiger partial charge in [-0.05, 0) is 49.1 Å². The molecule has 34 heavy (non-hydrogen) atoms. The summed E-state index contributed by atoms with van der Waals surface area (Å²) in [7, 11) is 0. The minimum Gasteiger partial charge on any atom is -0.491 e. The fourth-order valence-corrected chi connectivity index (χ4v) is 4.65. The number of hydrogen-bond acceptors (Lipinski definition) is 4. The summed E-state index contributed by atoms with van der Waals surface area (Å²) in [5, 5.41) is 11.7. The van der Waals surface area contributed by atoms with Crippen molar-refractivity contribution < 1.29 is 19.4 Å². The van der Waals surface area contributed by atoms with Gasteiger partial charge in [0.1, 0.15) is 5.75 Å². The van der Waals surface area contributed by atoms with Crippen LogP contribution in [0.3, 0.4) is 0 Å². The van der Waals surface area contributed by atoms with Gasteiger partial charge in [-0.3, -0.25) is 9.59 Å². The van der Waals surface area contributed by atoms with E-state index in [1.807, 2.05) is 36.9 Å². The zero-order valence-corrected chi connectivity index (χ0v) is 21.2. The summed E-state index contributed by atoms with van der Waals surface area (Å²) in [6.07, 6.45) is 9.20. The summed E-state index contributed by atoms with van der Waals surface area (Å²) < 4.78 is 5.72. The first-order chi connectivity index (χ1) is 16.6. The first-order valence-corrected chi connectivity index (χ1v) is 13.6. The molecule has 2 aromatic carbocycles. The highest BCUT2D eigenvalue weighted by Crippen LogP contribution is 2.28. The monoisotopic (exact) mass is 485 g/mol. The fourth-order valence-electron chi connectivity index (χ4n) is 3.67. The molecule has 0 spiro atoms. The Balaban J connectivity index is 1.51. The number of unbranched alkanes of at least 4 members (excludes halogenated alkanes) is 6. The molecule has 0 aliphatic rings. The number of anilines is 1. The maximum atomic E-state index is 12.4. The number of rotatable bonds is 18. The van der Waals surface area contributed by atoms with Crippen molar-refractivity contribution >= 4 is 29.3 Å². The largest absolute Gasteiger partial charge is 0.491 e. The number of para-hydroxylation sites is 1. The zero-order chi connectivity index (χ0) is 24.4. The molecule has 0 bridgehead atoms. The number of nitrogens with one attached hydrogen (secondary N) is 1. The SMILES string of the molecule is Cc1cccc(OCCCC(=O)O)c1NC(=O)CCCCCCCCCSCc1ccccc1. The molecule has 0 saturated carbocycles. The number of aliphatic carboxylic acids is 1. The summed E-state index contributed by atoms with van der Waals surface area (Å²) in [6.45, 7) is 2.24. The standard InChI is InChI=1S/C28H39NO4S/c1-23-14-12-17-25(33-20-13-19-27(31)32)28(23)29-26(30)18-10-5-3-2-4-6-11-21-34-22-24-15-8-7-9-16-24/h7-9,12,14-17H,2-6,10-11,13,18-22H2,1H3,(H,29,30)(H,31,32). The number of ether oxygens (including phenoxy) is 1. The summed E-state index contributed by atoms with van der Waals surface area (Å²) in [5.74, 6) is 2.09. The lowest BCUT2D eigenvalue weighted by Crippen LogP contribution is -2.13. The van der Waals surface area contributed by atoms with E-state index in [-0.39, 0.29) is 12.3 Å². The molecule has 0 aliphatic carbocycles. The van der Waals surface area contributed by atoms with Crippen LogP contribution in [0.15, 0.2) is 48.5 Å². The minimum absolute atomic E-state index is 0.000117. The van der Waals surface area contributed by atoms with Gasteiger partial charge < -0.3 is 15.2 Å². The second kappa shape index (κ2) is 17.0. The van der Waals surface area contributed by atoms with E-state index in [2.05, 4.69) is 35.6 Å². The highest BCUT2D eigenvalue weighted by atomic mass is 32.2. The van der Waals surface area contributed by atoms with Gasteiger partial charge >= 0.3 is 5.97 Å². The van der Waals surface area contributed by atoms with Crippen molar-refractivity contribution in [3.8, 4) is 5.75 Å². The van der Waals surface area contributed by atoms with Crippen LogP contribution >= 0.6 is 11.8 Å². The Morgan fingerprint density at radius 3 is 2.29 bits per heavy atom. The number of amides is 1. The van der Waals surface area contributed by atoms with Crippen LogP contribution in [-0.4, -0.2) is 29.3 Å². The second-order valence-corrected chi connectivity index (χ2v) is 9.71. The lowest BCUT2D eigenvalue weighted by atomic mass is 10.1. The third kappa shape index (κ3) is 12.1. The van der Waals surface area contributed by atoms with Gasteiger partial charge in [-0.15, -0.1) is 0 Å². The number of hydrogen-bond donors (Lipinski definition) is 2. The molecule has 0 saturated heterocycles. The number of thioether (sulfide) groups is 1. The third-order valence-corrected chi connectivity index (χ3v) is 6.71. The quantitative estimate of drug-likeness (QED) is 0.218. The zero-order valence-electron chi connectivity index (χ0n) is 20.4. The summed E-state index contributed by atoms with van der Waals surface area (Å²) >= 11 is 2.01. The molecule has 0 aromatic heterocycles.